The van der Waals surface area contributed by atoms with Gasteiger partial charge < -0.3 is 9.88 Å². The van der Waals surface area contributed by atoms with Gasteiger partial charge in [-0.05, 0) is 43.2 Å². The van der Waals surface area contributed by atoms with Gasteiger partial charge >= 0.3 is 0 Å². The van der Waals surface area contributed by atoms with Crippen molar-refractivity contribution in [3.8, 4) is 0 Å². The van der Waals surface area contributed by atoms with Gasteiger partial charge in [-0.25, -0.2) is 0 Å². The number of nitrogens with zero attached hydrogens (tertiary/aromatic N) is 3. The van der Waals surface area contributed by atoms with Crippen LogP contribution in [0.2, 0.25) is 0 Å². The molecule has 0 saturated heterocycles. The Morgan fingerprint density at radius 2 is 2.00 bits per heavy atom. The molecule has 0 fully saturated rings. The minimum absolute atomic E-state index is 0.0508. The molecule has 5 heteroatoms. The highest BCUT2D eigenvalue weighted by Crippen LogP contribution is 2.24. The predicted octanol–water partition coefficient (Wildman–Crippen LogP) is 3.78. The first kappa shape index (κ1) is 19.4. The largest absolute Gasteiger partial charge is 0.343 e. The molecular weight excluding hydrogens is 360 g/mol. The van der Waals surface area contributed by atoms with Crippen LogP contribution in [-0.2, 0) is 26.6 Å². The molecule has 0 saturated carbocycles. The van der Waals surface area contributed by atoms with E-state index in [2.05, 4.69) is 57.0 Å². The smallest absolute Gasteiger partial charge is 0.268 e. The quantitative estimate of drug-likeness (QED) is 0.724. The van der Waals surface area contributed by atoms with Crippen LogP contribution in [0.3, 0.4) is 0 Å². The molecule has 3 aromatic rings. The van der Waals surface area contributed by atoms with Crippen molar-refractivity contribution < 1.29 is 4.79 Å². The Balaban J connectivity index is 1.46. The Morgan fingerprint density at radius 1 is 1.21 bits per heavy atom. The highest BCUT2D eigenvalue weighted by atomic mass is 16.2. The standard InChI is InChI=1S/C24H28N4O/c1-17-7-9-19(10-8-17)15-28-13-11-22-20(16-28)14-23(27(22)3)24(29)26-18(2)21-6-4-5-12-25-21/h4-10,12,14,18H,11,13,15-16H2,1-3H3,(H,26,29)/t18-/m1/s1. The van der Waals surface area contributed by atoms with E-state index < -0.39 is 0 Å². The zero-order valence-electron chi connectivity index (χ0n) is 17.4. The molecule has 29 heavy (non-hydrogen) atoms. The van der Waals surface area contributed by atoms with Gasteiger partial charge in [-0.15, -0.1) is 0 Å². The lowest BCUT2D eigenvalue weighted by molar-refractivity contribution is 0.0930. The Kier molecular flexibility index (Phi) is 5.49. The van der Waals surface area contributed by atoms with Crippen LogP contribution in [0.15, 0.2) is 54.7 Å². The predicted molar refractivity (Wildman–Crippen MR) is 115 cm³/mol. The third-order valence-electron chi connectivity index (χ3n) is 5.75. The highest BCUT2D eigenvalue weighted by Gasteiger charge is 2.24. The monoisotopic (exact) mass is 388 g/mol. The molecule has 5 nitrogen and oxygen atoms in total. The number of carbonyl (C=O) groups is 1. The summed E-state index contributed by atoms with van der Waals surface area (Å²) in [4.78, 5) is 19.7. The maximum atomic E-state index is 12.9. The Hall–Kier alpha value is -2.92. The van der Waals surface area contributed by atoms with Gasteiger partial charge in [0.1, 0.15) is 5.69 Å². The summed E-state index contributed by atoms with van der Waals surface area (Å²) in [7, 11) is 1.99. The van der Waals surface area contributed by atoms with E-state index in [-0.39, 0.29) is 11.9 Å². The summed E-state index contributed by atoms with van der Waals surface area (Å²) in [6, 6.07) is 16.4. The number of nitrogens with one attached hydrogen (secondary N) is 1. The van der Waals surface area contributed by atoms with E-state index in [1.807, 2.05) is 32.2 Å². The lowest BCUT2D eigenvalue weighted by Crippen LogP contribution is -2.31. The lowest BCUT2D eigenvalue weighted by Gasteiger charge is -2.27. The van der Waals surface area contributed by atoms with E-state index >= 15 is 0 Å². The van der Waals surface area contributed by atoms with E-state index in [4.69, 9.17) is 0 Å². The average Bonchev–Trinajstić information content (AvgIpc) is 3.06. The van der Waals surface area contributed by atoms with Crippen LogP contribution in [0, 0.1) is 6.92 Å². The number of fused-ring (bicyclic) bond motifs is 1. The number of aryl methyl sites for hydroxylation is 1. The minimum atomic E-state index is -0.131. The molecule has 2 aromatic heterocycles. The number of carbonyl (C=O) groups excluding carboxylic acids is 1. The van der Waals surface area contributed by atoms with E-state index in [1.54, 1.807) is 6.20 Å². The van der Waals surface area contributed by atoms with Crippen molar-refractivity contribution in [2.24, 2.45) is 7.05 Å². The van der Waals surface area contributed by atoms with Crippen LogP contribution in [0.1, 0.15) is 51.5 Å². The van der Waals surface area contributed by atoms with Crippen molar-refractivity contribution in [1.82, 2.24) is 19.8 Å². The van der Waals surface area contributed by atoms with Gasteiger partial charge in [0, 0.05) is 45.0 Å². The van der Waals surface area contributed by atoms with Crippen molar-refractivity contribution in [2.75, 3.05) is 6.54 Å². The van der Waals surface area contributed by atoms with Gasteiger partial charge in [0.25, 0.3) is 5.91 Å². The molecule has 1 atom stereocenters. The van der Waals surface area contributed by atoms with Gasteiger partial charge in [0.05, 0.1) is 11.7 Å². The molecule has 1 aliphatic rings. The number of benzene rings is 1. The second-order valence-corrected chi connectivity index (χ2v) is 7.96. The minimum Gasteiger partial charge on any atom is -0.343 e. The lowest BCUT2D eigenvalue weighted by atomic mass is 10.1. The molecule has 0 radical (unpaired) electrons. The molecule has 1 aliphatic heterocycles. The number of hydrogen-bond donors (Lipinski definition) is 1. The zero-order valence-corrected chi connectivity index (χ0v) is 17.4. The second-order valence-electron chi connectivity index (χ2n) is 7.96. The summed E-state index contributed by atoms with van der Waals surface area (Å²) in [5.41, 5.74) is 6.71. The fraction of sp³-hybridized carbons (Fsp3) is 0.333. The SMILES string of the molecule is Cc1ccc(CN2CCc3c(cc(C(=O)N[C@H](C)c4ccccn4)n3C)C2)cc1. The van der Waals surface area contributed by atoms with E-state index in [0.717, 1.165) is 37.4 Å². The molecule has 150 valence electrons. The first-order valence-electron chi connectivity index (χ1n) is 10.2. The van der Waals surface area contributed by atoms with Crippen LogP contribution in [0.25, 0.3) is 0 Å². The molecule has 0 unspecified atom stereocenters. The third-order valence-corrected chi connectivity index (χ3v) is 5.75. The zero-order chi connectivity index (χ0) is 20.4. The van der Waals surface area contributed by atoms with Crippen LogP contribution in [0.4, 0.5) is 0 Å². The van der Waals surface area contributed by atoms with Crippen molar-refractivity contribution in [3.63, 3.8) is 0 Å². The van der Waals surface area contributed by atoms with E-state index in [1.165, 1.54) is 22.4 Å². The fourth-order valence-electron chi connectivity index (χ4n) is 4.04. The molecule has 4 rings (SSSR count). The van der Waals surface area contributed by atoms with Crippen molar-refractivity contribution in [1.29, 1.82) is 0 Å². The van der Waals surface area contributed by atoms with Gasteiger partial charge in [-0.2, -0.15) is 0 Å². The first-order chi connectivity index (χ1) is 14.0. The maximum absolute atomic E-state index is 12.9. The molecule has 3 heterocycles. The second kappa shape index (κ2) is 8.21. The van der Waals surface area contributed by atoms with E-state index in [9.17, 15) is 4.79 Å². The molecular formula is C24H28N4O. The summed E-state index contributed by atoms with van der Waals surface area (Å²) in [6.45, 7) is 6.89. The van der Waals surface area contributed by atoms with Crippen molar-refractivity contribution in [2.45, 2.75) is 39.4 Å². The summed E-state index contributed by atoms with van der Waals surface area (Å²) in [5.74, 6) is -0.0508. The number of aromatic nitrogens is 2. The number of amides is 1. The summed E-state index contributed by atoms with van der Waals surface area (Å²) in [5, 5.41) is 3.08. The molecule has 0 bridgehead atoms. The van der Waals surface area contributed by atoms with Crippen LogP contribution in [0.5, 0.6) is 0 Å². The molecule has 1 N–H and O–H groups in total. The van der Waals surface area contributed by atoms with E-state index in [0.29, 0.717) is 0 Å². The maximum Gasteiger partial charge on any atom is 0.268 e. The molecule has 0 spiro atoms. The van der Waals surface area contributed by atoms with Crippen LogP contribution >= 0.6 is 0 Å². The van der Waals surface area contributed by atoms with Gasteiger partial charge in [0.2, 0.25) is 0 Å². The average molecular weight is 389 g/mol. The summed E-state index contributed by atoms with van der Waals surface area (Å²) < 4.78 is 2.05. The Morgan fingerprint density at radius 3 is 2.72 bits per heavy atom. The number of rotatable bonds is 5. The topological polar surface area (TPSA) is 50.2 Å². The molecule has 0 aliphatic carbocycles. The number of pyridine rings is 1. The van der Waals surface area contributed by atoms with Gasteiger partial charge in [0.15, 0.2) is 0 Å². The summed E-state index contributed by atoms with van der Waals surface area (Å²) in [6.07, 6.45) is 2.71. The fourth-order valence-corrected chi connectivity index (χ4v) is 4.04. The molecule has 1 amide bonds. The van der Waals surface area contributed by atoms with Crippen molar-refractivity contribution >= 4 is 5.91 Å². The normalized spacial score (nSPS) is 15.0. The Labute approximate surface area is 172 Å². The Bertz CT molecular complexity index is 992. The highest BCUT2D eigenvalue weighted by molar-refractivity contribution is 5.93. The van der Waals surface area contributed by atoms with Gasteiger partial charge in [-0.1, -0.05) is 35.9 Å². The molecule has 1 aromatic carbocycles. The van der Waals surface area contributed by atoms with Crippen molar-refractivity contribution in [3.05, 3.63) is 88.5 Å². The third kappa shape index (κ3) is 4.25. The summed E-state index contributed by atoms with van der Waals surface area (Å²) >= 11 is 0. The van der Waals surface area contributed by atoms with Gasteiger partial charge in [-0.3, -0.25) is 14.7 Å². The first-order valence-corrected chi connectivity index (χ1v) is 10.2. The van der Waals surface area contributed by atoms with Crippen LogP contribution < -0.4 is 5.32 Å². The van der Waals surface area contributed by atoms with Crippen LogP contribution in [-0.4, -0.2) is 26.9 Å². The number of hydrogen-bond acceptors (Lipinski definition) is 3.